The highest BCUT2D eigenvalue weighted by Crippen LogP contribution is 2.37. The molecule has 1 aliphatic heterocycles. The van der Waals surface area contributed by atoms with Crippen molar-refractivity contribution in [2.45, 2.75) is 31.8 Å². The SMILES string of the molecule is Cc1ccc(-c2cc3c(c(NC4CCNCC4)c2)[C@H](N)C=C3)cn1. The molecule has 0 spiro atoms. The first-order valence-electron chi connectivity index (χ1n) is 8.73. The summed E-state index contributed by atoms with van der Waals surface area (Å²) in [4.78, 5) is 4.44. The summed E-state index contributed by atoms with van der Waals surface area (Å²) >= 11 is 0. The molecule has 0 saturated carbocycles. The van der Waals surface area contributed by atoms with E-state index in [1.807, 2.05) is 13.1 Å². The van der Waals surface area contributed by atoms with Crippen molar-refractivity contribution >= 4 is 11.8 Å². The quantitative estimate of drug-likeness (QED) is 0.812. The lowest BCUT2D eigenvalue weighted by molar-refractivity contribution is 0.479. The zero-order chi connectivity index (χ0) is 16.5. The van der Waals surface area contributed by atoms with Gasteiger partial charge in [0.15, 0.2) is 0 Å². The number of nitrogens with zero attached hydrogens (tertiary/aromatic N) is 1. The van der Waals surface area contributed by atoms with Gasteiger partial charge in [0.25, 0.3) is 0 Å². The van der Waals surface area contributed by atoms with Crippen LogP contribution in [0.5, 0.6) is 0 Å². The predicted molar refractivity (Wildman–Crippen MR) is 99.9 cm³/mol. The number of aromatic nitrogens is 1. The molecule has 1 atom stereocenters. The Morgan fingerprint density at radius 2 is 2.00 bits per heavy atom. The molecule has 1 saturated heterocycles. The van der Waals surface area contributed by atoms with Crippen molar-refractivity contribution in [3.8, 4) is 11.1 Å². The summed E-state index contributed by atoms with van der Waals surface area (Å²) in [6.07, 6.45) is 8.46. The third-order valence-electron chi connectivity index (χ3n) is 4.97. The van der Waals surface area contributed by atoms with E-state index in [1.165, 1.54) is 22.4 Å². The number of anilines is 1. The molecular weight excluding hydrogens is 296 g/mol. The molecule has 4 rings (SSSR count). The van der Waals surface area contributed by atoms with Crippen LogP contribution in [0.2, 0.25) is 0 Å². The van der Waals surface area contributed by atoms with Crippen molar-refractivity contribution in [3.63, 3.8) is 0 Å². The van der Waals surface area contributed by atoms with E-state index in [0.29, 0.717) is 6.04 Å². The Bertz CT molecular complexity index is 758. The van der Waals surface area contributed by atoms with Gasteiger partial charge in [-0.1, -0.05) is 18.2 Å². The molecule has 124 valence electrons. The van der Waals surface area contributed by atoms with Gasteiger partial charge in [-0.15, -0.1) is 0 Å². The number of aryl methyl sites for hydroxylation is 1. The van der Waals surface area contributed by atoms with Crippen molar-refractivity contribution < 1.29 is 0 Å². The monoisotopic (exact) mass is 320 g/mol. The second-order valence-corrected chi connectivity index (χ2v) is 6.77. The standard InChI is InChI=1S/C20H24N4/c1-13-2-3-15(12-23-13)16-10-14-4-5-18(21)20(14)19(11-16)24-17-6-8-22-9-7-17/h2-5,10-12,17-18,22,24H,6-9,21H2,1H3/t18-/m1/s1. The summed E-state index contributed by atoms with van der Waals surface area (Å²) in [6.45, 7) is 4.16. The summed E-state index contributed by atoms with van der Waals surface area (Å²) in [6, 6.07) is 9.14. The second kappa shape index (κ2) is 6.38. The van der Waals surface area contributed by atoms with Gasteiger partial charge in [-0.2, -0.15) is 0 Å². The van der Waals surface area contributed by atoms with E-state index in [1.54, 1.807) is 0 Å². The van der Waals surface area contributed by atoms with Crippen LogP contribution in [0.4, 0.5) is 5.69 Å². The molecule has 1 aromatic heterocycles. The molecule has 2 aliphatic rings. The first-order chi connectivity index (χ1) is 11.7. The van der Waals surface area contributed by atoms with Gasteiger partial charge in [0.2, 0.25) is 0 Å². The average molecular weight is 320 g/mol. The Hall–Kier alpha value is -2.17. The fraction of sp³-hybridized carbons (Fsp3) is 0.350. The van der Waals surface area contributed by atoms with Crippen molar-refractivity contribution in [2.24, 2.45) is 5.73 Å². The Balaban J connectivity index is 1.72. The highest BCUT2D eigenvalue weighted by atomic mass is 15.0. The highest BCUT2D eigenvalue weighted by molar-refractivity contribution is 5.79. The number of fused-ring (bicyclic) bond motifs is 1. The lowest BCUT2D eigenvalue weighted by Gasteiger charge is -2.27. The van der Waals surface area contributed by atoms with Crippen molar-refractivity contribution in [2.75, 3.05) is 18.4 Å². The molecule has 0 amide bonds. The lowest BCUT2D eigenvalue weighted by Crippen LogP contribution is -2.35. The van der Waals surface area contributed by atoms with Crippen LogP contribution in [0.3, 0.4) is 0 Å². The van der Waals surface area contributed by atoms with Crippen LogP contribution in [0.1, 0.15) is 35.7 Å². The maximum atomic E-state index is 6.31. The number of piperidine rings is 1. The van der Waals surface area contributed by atoms with Gasteiger partial charge in [-0.3, -0.25) is 4.98 Å². The molecule has 0 bridgehead atoms. The summed E-state index contributed by atoms with van der Waals surface area (Å²) in [5, 5.41) is 7.17. The molecule has 1 aliphatic carbocycles. The third-order valence-corrected chi connectivity index (χ3v) is 4.97. The molecule has 4 heteroatoms. The molecule has 4 nitrogen and oxygen atoms in total. The average Bonchev–Trinajstić information content (AvgIpc) is 2.98. The van der Waals surface area contributed by atoms with Gasteiger partial charge in [0, 0.05) is 34.7 Å². The largest absolute Gasteiger partial charge is 0.382 e. The van der Waals surface area contributed by atoms with E-state index in [0.717, 1.165) is 37.2 Å². The number of hydrogen-bond donors (Lipinski definition) is 3. The van der Waals surface area contributed by atoms with E-state index in [9.17, 15) is 0 Å². The maximum Gasteiger partial charge on any atom is 0.0511 e. The molecule has 2 heterocycles. The Morgan fingerprint density at radius 1 is 1.17 bits per heavy atom. The summed E-state index contributed by atoms with van der Waals surface area (Å²) in [7, 11) is 0. The van der Waals surface area contributed by atoms with Gasteiger partial charge in [-0.25, -0.2) is 0 Å². The normalized spacial score (nSPS) is 20.2. The first kappa shape index (κ1) is 15.4. The van der Waals surface area contributed by atoms with Crippen LogP contribution in [0, 0.1) is 6.92 Å². The smallest absolute Gasteiger partial charge is 0.0511 e. The van der Waals surface area contributed by atoms with Crippen LogP contribution in [-0.4, -0.2) is 24.1 Å². The van der Waals surface area contributed by atoms with Crippen molar-refractivity contribution in [1.82, 2.24) is 10.3 Å². The Morgan fingerprint density at radius 3 is 2.75 bits per heavy atom. The fourth-order valence-electron chi connectivity index (χ4n) is 3.60. The number of nitrogens with two attached hydrogens (primary N) is 1. The van der Waals surface area contributed by atoms with E-state index in [2.05, 4.69) is 52.0 Å². The molecule has 1 fully saturated rings. The summed E-state index contributed by atoms with van der Waals surface area (Å²) < 4.78 is 0. The van der Waals surface area contributed by atoms with Crippen LogP contribution in [0.15, 0.2) is 36.5 Å². The molecule has 24 heavy (non-hydrogen) atoms. The number of pyridine rings is 1. The topological polar surface area (TPSA) is 63.0 Å². The van der Waals surface area contributed by atoms with E-state index < -0.39 is 0 Å². The van der Waals surface area contributed by atoms with Gasteiger partial charge in [0.05, 0.1) is 6.04 Å². The minimum atomic E-state index is -0.0191. The number of nitrogens with one attached hydrogen (secondary N) is 2. The summed E-state index contributed by atoms with van der Waals surface area (Å²) in [5.41, 5.74) is 13.3. The van der Waals surface area contributed by atoms with Crippen LogP contribution >= 0.6 is 0 Å². The van der Waals surface area contributed by atoms with E-state index in [4.69, 9.17) is 5.73 Å². The van der Waals surface area contributed by atoms with Crippen molar-refractivity contribution in [1.29, 1.82) is 0 Å². The zero-order valence-electron chi connectivity index (χ0n) is 14.0. The van der Waals surface area contributed by atoms with Crippen LogP contribution in [0.25, 0.3) is 17.2 Å². The van der Waals surface area contributed by atoms with Crippen LogP contribution in [-0.2, 0) is 0 Å². The van der Waals surface area contributed by atoms with E-state index >= 15 is 0 Å². The number of hydrogen-bond acceptors (Lipinski definition) is 4. The van der Waals surface area contributed by atoms with E-state index in [-0.39, 0.29) is 6.04 Å². The summed E-state index contributed by atoms with van der Waals surface area (Å²) in [5.74, 6) is 0. The lowest BCUT2D eigenvalue weighted by atomic mass is 9.96. The first-order valence-corrected chi connectivity index (χ1v) is 8.73. The number of rotatable bonds is 3. The Kier molecular flexibility index (Phi) is 4.08. The minimum Gasteiger partial charge on any atom is -0.382 e. The van der Waals surface area contributed by atoms with Gasteiger partial charge < -0.3 is 16.4 Å². The van der Waals surface area contributed by atoms with Crippen molar-refractivity contribution in [3.05, 3.63) is 53.4 Å². The molecule has 0 unspecified atom stereocenters. The molecular formula is C20H24N4. The molecule has 2 aromatic rings. The predicted octanol–water partition coefficient (Wildman–Crippen LogP) is 3.25. The molecule has 0 radical (unpaired) electrons. The Labute approximate surface area is 143 Å². The van der Waals surface area contributed by atoms with Gasteiger partial charge >= 0.3 is 0 Å². The van der Waals surface area contributed by atoms with Crippen LogP contribution < -0.4 is 16.4 Å². The molecule has 1 aromatic carbocycles. The minimum absolute atomic E-state index is 0.0191. The fourth-order valence-corrected chi connectivity index (χ4v) is 3.60. The highest BCUT2D eigenvalue weighted by Gasteiger charge is 2.22. The van der Waals surface area contributed by atoms with Gasteiger partial charge in [0.1, 0.15) is 0 Å². The zero-order valence-corrected chi connectivity index (χ0v) is 14.0. The maximum absolute atomic E-state index is 6.31. The third kappa shape index (κ3) is 2.95. The van der Waals surface area contributed by atoms with Gasteiger partial charge in [-0.05, 0) is 62.2 Å². The second-order valence-electron chi connectivity index (χ2n) is 6.77. The molecule has 4 N–H and O–H groups in total. The number of benzene rings is 1.